The molecular weight excluding hydrogens is 271 g/mol. The first kappa shape index (κ1) is 13.8. The van der Waals surface area contributed by atoms with Gasteiger partial charge < -0.3 is 9.42 Å². The third-order valence-electron chi connectivity index (χ3n) is 4.02. The Balaban J connectivity index is 1.77. The van der Waals surface area contributed by atoms with Gasteiger partial charge in [-0.1, -0.05) is 17.3 Å². The minimum absolute atomic E-state index is 0.107. The summed E-state index contributed by atoms with van der Waals surface area (Å²) in [7, 11) is 0. The Morgan fingerprint density at radius 3 is 2.71 bits per heavy atom. The summed E-state index contributed by atoms with van der Waals surface area (Å²) in [5.74, 6) is 0.512. The molecule has 1 aliphatic rings. The average Bonchev–Trinajstić information content (AvgIpc) is 3.05. The molecule has 5 heteroatoms. The number of aromatic nitrogens is 1. The number of aryl methyl sites for hydroxylation is 1. The summed E-state index contributed by atoms with van der Waals surface area (Å²) >= 11 is 0. The SMILES string of the molecule is Cc1cc(C(=O)N2C[C@H](c3ccc(F)cc3)C[C@H]2C)no1. The van der Waals surface area contributed by atoms with Crippen molar-refractivity contribution in [2.24, 2.45) is 0 Å². The Bertz CT molecular complexity index is 651. The van der Waals surface area contributed by atoms with Gasteiger partial charge in [0.05, 0.1) is 0 Å². The monoisotopic (exact) mass is 288 g/mol. The standard InChI is InChI=1S/C16H17FN2O2/c1-10-7-13(12-3-5-14(17)6-4-12)9-19(10)16(20)15-8-11(2)21-18-15/h3-6,8,10,13H,7,9H2,1-2H3/t10-,13-/m1/s1. The summed E-state index contributed by atoms with van der Waals surface area (Å²) in [6.07, 6.45) is 0.869. The molecular formula is C16H17FN2O2. The van der Waals surface area contributed by atoms with Gasteiger partial charge in [0.2, 0.25) is 0 Å². The molecule has 3 rings (SSSR count). The van der Waals surface area contributed by atoms with Gasteiger partial charge in [-0.2, -0.15) is 0 Å². The Morgan fingerprint density at radius 2 is 2.10 bits per heavy atom. The zero-order valence-electron chi connectivity index (χ0n) is 12.0. The third-order valence-corrected chi connectivity index (χ3v) is 4.02. The zero-order chi connectivity index (χ0) is 15.0. The highest BCUT2D eigenvalue weighted by Crippen LogP contribution is 2.32. The Morgan fingerprint density at radius 1 is 1.38 bits per heavy atom. The van der Waals surface area contributed by atoms with Gasteiger partial charge >= 0.3 is 0 Å². The normalized spacial score (nSPS) is 21.8. The molecule has 0 bridgehead atoms. The highest BCUT2D eigenvalue weighted by atomic mass is 19.1. The lowest BCUT2D eigenvalue weighted by molar-refractivity contribution is 0.0735. The maximum Gasteiger partial charge on any atom is 0.276 e. The molecule has 1 fully saturated rings. The van der Waals surface area contributed by atoms with Crippen molar-refractivity contribution in [3.63, 3.8) is 0 Å². The van der Waals surface area contributed by atoms with Crippen molar-refractivity contribution in [3.8, 4) is 0 Å². The maximum absolute atomic E-state index is 13.0. The van der Waals surface area contributed by atoms with Crippen LogP contribution >= 0.6 is 0 Å². The lowest BCUT2D eigenvalue weighted by atomic mass is 9.97. The predicted octanol–water partition coefficient (Wildman–Crippen LogP) is 3.14. The van der Waals surface area contributed by atoms with Crippen molar-refractivity contribution >= 4 is 5.91 Å². The Kier molecular flexibility index (Phi) is 3.49. The van der Waals surface area contributed by atoms with Crippen LogP contribution < -0.4 is 0 Å². The van der Waals surface area contributed by atoms with E-state index < -0.39 is 0 Å². The van der Waals surface area contributed by atoms with E-state index in [1.54, 1.807) is 25.1 Å². The third kappa shape index (κ3) is 2.68. The van der Waals surface area contributed by atoms with Gasteiger partial charge in [-0.05, 0) is 38.0 Å². The zero-order valence-corrected chi connectivity index (χ0v) is 12.0. The van der Waals surface area contributed by atoms with E-state index in [0.717, 1.165) is 12.0 Å². The van der Waals surface area contributed by atoms with Gasteiger partial charge in [0.1, 0.15) is 11.6 Å². The van der Waals surface area contributed by atoms with Crippen LogP contribution in [0.1, 0.15) is 41.1 Å². The van der Waals surface area contributed by atoms with E-state index in [4.69, 9.17) is 4.52 Å². The molecule has 1 saturated heterocycles. The largest absolute Gasteiger partial charge is 0.361 e. The molecule has 0 aliphatic carbocycles. The van der Waals surface area contributed by atoms with Crippen LogP contribution in [0.4, 0.5) is 4.39 Å². The number of halogens is 1. The van der Waals surface area contributed by atoms with Crippen LogP contribution in [0, 0.1) is 12.7 Å². The molecule has 110 valence electrons. The molecule has 2 aromatic rings. The molecule has 2 heterocycles. The van der Waals surface area contributed by atoms with Crippen molar-refractivity contribution in [1.82, 2.24) is 10.1 Å². The van der Waals surface area contributed by atoms with Crippen LogP contribution in [0.2, 0.25) is 0 Å². The molecule has 0 unspecified atom stereocenters. The van der Waals surface area contributed by atoms with Gasteiger partial charge in [0.25, 0.3) is 5.91 Å². The van der Waals surface area contributed by atoms with E-state index in [-0.39, 0.29) is 23.7 Å². The number of carbonyl (C=O) groups is 1. The summed E-state index contributed by atoms with van der Waals surface area (Å²) in [6.45, 7) is 4.41. The summed E-state index contributed by atoms with van der Waals surface area (Å²) in [5, 5.41) is 3.79. The number of carbonyl (C=O) groups excluding carboxylic acids is 1. The van der Waals surface area contributed by atoms with Crippen molar-refractivity contribution in [2.75, 3.05) is 6.54 Å². The van der Waals surface area contributed by atoms with Crippen molar-refractivity contribution in [3.05, 3.63) is 53.2 Å². The van der Waals surface area contributed by atoms with Gasteiger partial charge in [0.15, 0.2) is 5.69 Å². The predicted molar refractivity (Wildman–Crippen MR) is 75.5 cm³/mol. The summed E-state index contributed by atoms with van der Waals surface area (Å²) in [5.41, 5.74) is 1.41. The molecule has 1 amide bonds. The van der Waals surface area contributed by atoms with Crippen LogP contribution in [0.3, 0.4) is 0 Å². The molecule has 0 saturated carbocycles. The van der Waals surface area contributed by atoms with Crippen LogP contribution in [0.5, 0.6) is 0 Å². The van der Waals surface area contributed by atoms with Gasteiger partial charge in [-0.15, -0.1) is 0 Å². The molecule has 0 radical (unpaired) electrons. The highest BCUT2D eigenvalue weighted by molar-refractivity contribution is 5.92. The number of benzene rings is 1. The van der Waals surface area contributed by atoms with Crippen LogP contribution in [0.15, 0.2) is 34.9 Å². The van der Waals surface area contributed by atoms with E-state index in [1.165, 1.54) is 12.1 Å². The number of likely N-dealkylation sites (tertiary alicyclic amines) is 1. The molecule has 1 aromatic carbocycles. The lowest BCUT2D eigenvalue weighted by Gasteiger charge is -2.19. The number of hydrogen-bond acceptors (Lipinski definition) is 3. The van der Waals surface area contributed by atoms with Gasteiger partial charge in [0, 0.05) is 24.6 Å². The molecule has 0 N–H and O–H groups in total. The molecule has 4 nitrogen and oxygen atoms in total. The van der Waals surface area contributed by atoms with E-state index >= 15 is 0 Å². The fourth-order valence-corrected chi connectivity index (χ4v) is 2.90. The van der Waals surface area contributed by atoms with E-state index in [9.17, 15) is 9.18 Å². The fraction of sp³-hybridized carbons (Fsp3) is 0.375. The second-order valence-corrected chi connectivity index (χ2v) is 5.61. The summed E-state index contributed by atoms with van der Waals surface area (Å²) in [4.78, 5) is 14.3. The van der Waals surface area contributed by atoms with Crippen molar-refractivity contribution in [1.29, 1.82) is 0 Å². The highest BCUT2D eigenvalue weighted by Gasteiger charge is 2.34. The topological polar surface area (TPSA) is 46.3 Å². The molecule has 0 spiro atoms. The summed E-state index contributed by atoms with van der Waals surface area (Å²) < 4.78 is 18.0. The first-order valence-corrected chi connectivity index (χ1v) is 7.04. The van der Waals surface area contributed by atoms with Crippen molar-refractivity contribution < 1.29 is 13.7 Å². The van der Waals surface area contributed by atoms with Crippen molar-refractivity contribution in [2.45, 2.75) is 32.2 Å². The minimum Gasteiger partial charge on any atom is -0.361 e. The number of amides is 1. The van der Waals surface area contributed by atoms with Gasteiger partial charge in [-0.3, -0.25) is 4.79 Å². The number of hydrogen-bond donors (Lipinski definition) is 0. The number of rotatable bonds is 2. The molecule has 1 aliphatic heterocycles. The van der Waals surface area contributed by atoms with E-state index in [2.05, 4.69) is 5.16 Å². The first-order valence-electron chi connectivity index (χ1n) is 7.04. The Hall–Kier alpha value is -2.17. The smallest absolute Gasteiger partial charge is 0.276 e. The fourth-order valence-electron chi connectivity index (χ4n) is 2.90. The lowest BCUT2D eigenvalue weighted by Crippen LogP contribution is -2.34. The number of nitrogens with zero attached hydrogens (tertiary/aromatic N) is 2. The maximum atomic E-state index is 13.0. The molecule has 1 aromatic heterocycles. The average molecular weight is 288 g/mol. The summed E-state index contributed by atoms with van der Waals surface area (Å²) in [6, 6.07) is 8.30. The van der Waals surface area contributed by atoms with E-state index in [0.29, 0.717) is 18.0 Å². The van der Waals surface area contributed by atoms with Gasteiger partial charge in [-0.25, -0.2) is 4.39 Å². The molecule has 2 atom stereocenters. The minimum atomic E-state index is -0.240. The quantitative estimate of drug-likeness (QED) is 0.853. The second kappa shape index (κ2) is 5.31. The van der Waals surface area contributed by atoms with Crippen LogP contribution in [-0.4, -0.2) is 28.6 Å². The first-order chi connectivity index (χ1) is 10.0. The van der Waals surface area contributed by atoms with Crippen LogP contribution in [0.25, 0.3) is 0 Å². The van der Waals surface area contributed by atoms with Crippen LogP contribution in [-0.2, 0) is 0 Å². The van der Waals surface area contributed by atoms with E-state index in [1.807, 2.05) is 11.8 Å². The Labute approximate surface area is 122 Å². The molecule has 21 heavy (non-hydrogen) atoms. The second-order valence-electron chi connectivity index (χ2n) is 5.61.